The number of nitrogens with zero attached hydrogens (tertiary/aromatic N) is 7. The lowest BCUT2D eigenvalue weighted by atomic mass is 10.1. The van der Waals surface area contributed by atoms with Crippen LogP contribution in [0.2, 0.25) is 5.02 Å². The van der Waals surface area contributed by atoms with Crippen LogP contribution in [0.15, 0.2) is 59.7 Å². The molecule has 1 N–H and O–H groups in total. The summed E-state index contributed by atoms with van der Waals surface area (Å²) in [6.45, 7) is 4.90. The van der Waals surface area contributed by atoms with Crippen LogP contribution in [-0.4, -0.2) is 69.9 Å². The summed E-state index contributed by atoms with van der Waals surface area (Å²) in [5.41, 5.74) is 0.308. The maximum Gasteiger partial charge on any atom is 0.416 e. The van der Waals surface area contributed by atoms with E-state index in [1.54, 1.807) is 29.2 Å². The lowest BCUT2D eigenvalue weighted by Crippen LogP contribution is -2.37. The van der Waals surface area contributed by atoms with Gasteiger partial charge in [0.1, 0.15) is 12.9 Å². The number of benzene rings is 2. The standard InChI is InChI=1S/C26H27ClF3N7O3/c1-4-34(16(2)3)24(39)19-7-5-6-8-20(19)37-15-31-22(32-37)14-36-25(40)35(13-21(38)26(28,29)30)23(33-36)17-9-11-18(27)12-10-17/h5-12,15-16,21,38H,4,13-14H2,1-3H3/t21-/m0/s1. The van der Waals surface area contributed by atoms with E-state index in [0.717, 1.165) is 9.25 Å². The van der Waals surface area contributed by atoms with Crippen LogP contribution < -0.4 is 5.69 Å². The van der Waals surface area contributed by atoms with Crippen LogP contribution in [0, 0.1) is 0 Å². The quantitative estimate of drug-likeness (QED) is 0.324. The van der Waals surface area contributed by atoms with E-state index in [4.69, 9.17) is 11.6 Å². The van der Waals surface area contributed by atoms with Gasteiger partial charge in [0.15, 0.2) is 17.8 Å². The number of hydrogen-bond acceptors (Lipinski definition) is 6. The van der Waals surface area contributed by atoms with Crippen LogP contribution in [0.25, 0.3) is 17.1 Å². The minimum atomic E-state index is -4.94. The van der Waals surface area contributed by atoms with Crippen molar-refractivity contribution in [2.75, 3.05) is 6.54 Å². The third kappa shape index (κ3) is 6.10. The number of carbonyl (C=O) groups is 1. The van der Waals surface area contributed by atoms with Gasteiger partial charge in [-0.05, 0) is 57.2 Å². The fraction of sp³-hybridized carbons (Fsp3) is 0.346. The molecule has 0 fully saturated rings. The van der Waals surface area contributed by atoms with Crippen molar-refractivity contribution in [3.05, 3.63) is 81.8 Å². The fourth-order valence-corrected chi connectivity index (χ4v) is 4.30. The molecule has 0 bridgehead atoms. The molecule has 40 heavy (non-hydrogen) atoms. The minimum absolute atomic E-state index is 0.0236. The lowest BCUT2D eigenvalue weighted by molar-refractivity contribution is -0.207. The van der Waals surface area contributed by atoms with Gasteiger partial charge in [-0.1, -0.05) is 23.7 Å². The highest BCUT2D eigenvalue weighted by Gasteiger charge is 2.39. The molecule has 2 aromatic heterocycles. The summed E-state index contributed by atoms with van der Waals surface area (Å²) >= 11 is 5.93. The molecule has 2 aromatic carbocycles. The van der Waals surface area contributed by atoms with Crippen molar-refractivity contribution >= 4 is 17.5 Å². The molecule has 0 unspecified atom stereocenters. The Morgan fingerprint density at radius 1 is 1.10 bits per heavy atom. The van der Waals surface area contributed by atoms with Crippen LogP contribution in [0.5, 0.6) is 0 Å². The van der Waals surface area contributed by atoms with Gasteiger partial charge >= 0.3 is 11.9 Å². The smallest absolute Gasteiger partial charge is 0.382 e. The molecule has 0 spiro atoms. The van der Waals surface area contributed by atoms with Gasteiger partial charge in [-0.15, -0.1) is 10.2 Å². The highest BCUT2D eigenvalue weighted by Crippen LogP contribution is 2.24. The molecule has 1 atom stereocenters. The molecule has 2 heterocycles. The summed E-state index contributed by atoms with van der Waals surface area (Å²) in [6, 6.07) is 12.9. The average molecular weight is 578 g/mol. The first-order valence-corrected chi connectivity index (χ1v) is 12.8. The summed E-state index contributed by atoms with van der Waals surface area (Å²) in [5, 5.41) is 18.7. The lowest BCUT2D eigenvalue weighted by Gasteiger charge is -2.26. The van der Waals surface area contributed by atoms with Gasteiger partial charge in [0.05, 0.1) is 17.8 Å². The molecule has 4 rings (SSSR count). The molecule has 0 aliphatic carbocycles. The van der Waals surface area contributed by atoms with Crippen LogP contribution in [0.1, 0.15) is 37.0 Å². The Bertz CT molecular complexity index is 1540. The molecule has 0 saturated carbocycles. The number of amides is 1. The highest BCUT2D eigenvalue weighted by atomic mass is 35.5. The van der Waals surface area contributed by atoms with E-state index in [2.05, 4.69) is 15.2 Å². The Kier molecular flexibility index (Phi) is 8.45. The number of aliphatic hydroxyl groups is 1. The zero-order chi connectivity index (χ0) is 29.2. The number of para-hydroxylation sites is 1. The molecule has 10 nitrogen and oxygen atoms in total. The molecule has 212 valence electrons. The molecular formula is C26H27ClF3N7O3. The van der Waals surface area contributed by atoms with Gasteiger partial charge in [0, 0.05) is 23.2 Å². The van der Waals surface area contributed by atoms with Gasteiger partial charge in [0.25, 0.3) is 5.91 Å². The molecule has 0 aliphatic heterocycles. The SMILES string of the molecule is CCN(C(=O)c1ccccc1-n1cnc(Cn2nc(-c3ccc(Cl)cc3)n(C[C@H](O)C(F)(F)F)c2=O)n1)C(C)C. The number of aliphatic hydroxyl groups excluding tert-OH is 1. The molecule has 0 saturated heterocycles. The van der Waals surface area contributed by atoms with Crippen LogP contribution in [-0.2, 0) is 13.1 Å². The van der Waals surface area contributed by atoms with E-state index in [1.165, 1.54) is 35.3 Å². The largest absolute Gasteiger partial charge is 0.416 e. The van der Waals surface area contributed by atoms with Crippen LogP contribution >= 0.6 is 11.6 Å². The normalized spacial score (nSPS) is 12.6. The van der Waals surface area contributed by atoms with Crippen molar-refractivity contribution in [1.29, 1.82) is 0 Å². The third-order valence-electron chi connectivity index (χ3n) is 6.20. The van der Waals surface area contributed by atoms with Crippen molar-refractivity contribution in [2.45, 2.75) is 52.2 Å². The molecule has 0 aliphatic rings. The van der Waals surface area contributed by atoms with E-state index in [0.29, 0.717) is 28.4 Å². The summed E-state index contributed by atoms with van der Waals surface area (Å²) in [4.78, 5) is 32.3. The van der Waals surface area contributed by atoms with E-state index < -0.39 is 24.5 Å². The first-order valence-electron chi connectivity index (χ1n) is 12.4. The van der Waals surface area contributed by atoms with Gasteiger partial charge in [0.2, 0.25) is 0 Å². The van der Waals surface area contributed by atoms with E-state index >= 15 is 0 Å². The second-order valence-electron chi connectivity index (χ2n) is 9.25. The van der Waals surface area contributed by atoms with Crippen molar-refractivity contribution in [1.82, 2.24) is 34.0 Å². The summed E-state index contributed by atoms with van der Waals surface area (Å²) in [7, 11) is 0. The number of alkyl halides is 3. The third-order valence-corrected chi connectivity index (χ3v) is 6.45. The maximum absolute atomic E-state index is 13.2. The molecular weight excluding hydrogens is 551 g/mol. The molecule has 14 heteroatoms. The molecule has 1 amide bonds. The van der Waals surface area contributed by atoms with Crippen LogP contribution in [0.3, 0.4) is 0 Å². The minimum Gasteiger partial charge on any atom is -0.382 e. The number of halogens is 4. The fourth-order valence-electron chi connectivity index (χ4n) is 4.17. The zero-order valence-electron chi connectivity index (χ0n) is 21.9. The second kappa shape index (κ2) is 11.6. The van der Waals surface area contributed by atoms with Crippen molar-refractivity contribution < 1.29 is 23.1 Å². The van der Waals surface area contributed by atoms with Crippen molar-refractivity contribution in [2.24, 2.45) is 0 Å². The van der Waals surface area contributed by atoms with Gasteiger partial charge in [-0.25, -0.2) is 19.1 Å². The monoisotopic (exact) mass is 577 g/mol. The number of rotatable bonds is 9. The predicted molar refractivity (Wildman–Crippen MR) is 141 cm³/mol. The summed E-state index contributed by atoms with van der Waals surface area (Å²) < 4.78 is 42.4. The van der Waals surface area contributed by atoms with E-state index in [1.807, 2.05) is 20.8 Å². The molecule has 0 radical (unpaired) electrons. The van der Waals surface area contributed by atoms with Crippen molar-refractivity contribution in [3.8, 4) is 17.1 Å². The van der Waals surface area contributed by atoms with E-state index in [-0.39, 0.29) is 30.1 Å². The maximum atomic E-state index is 13.2. The second-order valence-corrected chi connectivity index (χ2v) is 9.68. The Hall–Kier alpha value is -3.97. The van der Waals surface area contributed by atoms with Gasteiger partial charge < -0.3 is 10.0 Å². The Balaban J connectivity index is 1.69. The first-order chi connectivity index (χ1) is 18.9. The predicted octanol–water partition coefficient (Wildman–Crippen LogP) is 3.79. The topological polar surface area (TPSA) is 111 Å². The Labute approximate surface area is 232 Å². The number of carbonyl (C=O) groups excluding carboxylic acids is 1. The summed E-state index contributed by atoms with van der Waals surface area (Å²) in [6.07, 6.45) is -6.34. The number of hydrogen-bond donors (Lipinski definition) is 1. The van der Waals surface area contributed by atoms with Crippen molar-refractivity contribution in [3.63, 3.8) is 0 Å². The van der Waals surface area contributed by atoms with E-state index in [9.17, 15) is 27.9 Å². The van der Waals surface area contributed by atoms with Gasteiger partial charge in [-0.3, -0.25) is 9.36 Å². The summed E-state index contributed by atoms with van der Waals surface area (Å²) in [5.74, 6) is -0.145. The Morgan fingerprint density at radius 2 is 1.77 bits per heavy atom. The average Bonchev–Trinajstić information content (AvgIpc) is 3.49. The first kappa shape index (κ1) is 29.0. The number of aromatic nitrogens is 6. The molecule has 4 aromatic rings. The van der Waals surface area contributed by atoms with Crippen LogP contribution in [0.4, 0.5) is 13.2 Å². The zero-order valence-corrected chi connectivity index (χ0v) is 22.6. The Morgan fingerprint density at radius 3 is 2.40 bits per heavy atom. The van der Waals surface area contributed by atoms with Gasteiger partial charge in [-0.2, -0.15) is 13.2 Å². The highest BCUT2D eigenvalue weighted by molar-refractivity contribution is 6.30.